The summed E-state index contributed by atoms with van der Waals surface area (Å²) in [6.07, 6.45) is 12.0. The number of hydrogen-bond donors (Lipinski definition) is 2. The Bertz CT molecular complexity index is 1170. The summed E-state index contributed by atoms with van der Waals surface area (Å²) in [6.45, 7) is 0.164. The summed E-state index contributed by atoms with van der Waals surface area (Å²) in [7, 11) is 0. The number of benzene rings is 1. The maximum Gasteiger partial charge on any atom is 0.514 e. The van der Waals surface area contributed by atoms with Crippen LogP contribution < -0.4 is 4.74 Å². The fraction of sp³-hybridized carbons (Fsp3) is 0.594. The summed E-state index contributed by atoms with van der Waals surface area (Å²) < 4.78 is 10.8. The third-order valence-corrected chi connectivity index (χ3v) is 9.78. The summed E-state index contributed by atoms with van der Waals surface area (Å²) in [6, 6.07) is 4.88. The molecular formula is C32H41N3O9. The van der Waals surface area contributed by atoms with Crippen molar-refractivity contribution in [3.05, 3.63) is 58.7 Å². The maximum absolute atomic E-state index is 12.9. The van der Waals surface area contributed by atoms with Gasteiger partial charge in [-0.25, -0.2) is 14.4 Å². The van der Waals surface area contributed by atoms with Crippen molar-refractivity contribution in [2.45, 2.75) is 57.5 Å². The van der Waals surface area contributed by atoms with E-state index < -0.39 is 29.4 Å². The Hall–Kier alpha value is -4.09. The SMILES string of the molecule is O=C(Oc1ccc([N+](=O)[O-])cc1)OC(CN(CC1C2CC/C=C/CCC21)C(=O)O)CN(CC1C2CC/C=C/CCC21)C(=O)O. The molecule has 2 amide bonds. The lowest BCUT2D eigenvalue weighted by Gasteiger charge is -2.29. The molecule has 2 N–H and O–H groups in total. The normalized spacial score (nSPS) is 29.0. The Morgan fingerprint density at radius 3 is 1.55 bits per heavy atom. The number of nitrogens with zero attached hydrogens (tertiary/aromatic N) is 3. The van der Waals surface area contributed by atoms with Crippen LogP contribution in [0.15, 0.2) is 48.6 Å². The van der Waals surface area contributed by atoms with Crippen molar-refractivity contribution in [3.63, 3.8) is 0 Å². The molecule has 2 saturated carbocycles. The molecule has 4 atom stereocenters. The van der Waals surface area contributed by atoms with Crippen LogP contribution in [-0.2, 0) is 4.74 Å². The van der Waals surface area contributed by atoms with E-state index in [0.717, 1.165) is 51.4 Å². The van der Waals surface area contributed by atoms with E-state index in [1.54, 1.807) is 0 Å². The smallest absolute Gasteiger partial charge is 0.465 e. The van der Waals surface area contributed by atoms with Crippen molar-refractivity contribution in [1.82, 2.24) is 9.80 Å². The Labute approximate surface area is 256 Å². The molecule has 4 aliphatic carbocycles. The molecule has 238 valence electrons. The summed E-state index contributed by atoms with van der Waals surface area (Å²) in [5.41, 5.74) is -0.177. The summed E-state index contributed by atoms with van der Waals surface area (Å²) >= 11 is 0. The predicted octanol–water partition coefficient (Wildman–Crippen LogP) is 6.42. The van der Waals surface area contributed by atoms with Crippen molar-refractivity contribution in [3.8, 4) is 5.75 Å². The Kier molecular flexibility index (Phi) is 10.1. The number of hydrogen-bond acceptors (Lipinski definition) is 7. The highest BCUT2D eigenvalue weighted by Gasteiger charge is 2.51. The molecule has 0 heterocycles. The molecule has 5 rings (SSSR count). The second-order valence-electron chi connectivity index (χ2n) is 12.5. The van der Waals surface area contributed by atoms with Gasteiger partial charge in [-0.1, -0.05) is 24.3 Å². The molecule has 1 aromatic carbocycles. The first-order valence-corrected chi connectivity index (χ1v) is 15.6. The molecule has 12 heteroatoms. The van der Waals surface area contributed by atoms with Crippen LogP contribution in [0.25, 0.3) is 0 Å². The van der Waals surface area contributed by atoms with E-state index in [9.17, 15) is 34.7 Å². The van der Waals surface area contributed by atoms with Gasteiger partial charge in [0.05, 0.1) is 18.0 Å². The molecule has 0 bridgehead atoms. The van der Waals surface area contributed by atoms with Gasteiger partial charge < -0.3 is 29.5 Å². The van der Waals surface area contributed by atoms with Gasteiger partial charge in [-0.05, 0) is 99.0 Å². The van der Waals surface area contributed by atoms with Crippen LogP contribution in [0.2, 0.25) is 0 Å². The number of nitro groups is 1. The number of rotatable bonds is 11. The lowest BCUT2D eigenvalue weighted by molar-refractivity contribution is -0.384. The van der Waals surface area contributed by atoms with Gasteiger partial charge in [0, 0.05) is 25.2 Å². The van der Waals surface area contributed by atoms with Gasteiger partial charge >= 0.3 is 18.3 Å². The van der Waals surface area contributed by atoms with E-state index in [1.165, 1.54) is 34.1 Å². The number of carboxylic acid groups (broad SMARTS) is 2. The highest BCUT2D eigenvalue weighted by molar-refractivity contribution is 5.67. The maximum atomic E-state index is 12.9. The minimum atomic E-state index is -1.16. The number of nitro benzene ring substituents is 1. The van der Waals surface area contributed by atoms with Gasteiger partial charge in [0.25, 0.3) is 5.69 Å². The Morgan fingerprint density at radius 1 is 0.773 bits per heavy atom. The van der Waals surface area contributed by atoms with Crippen molar-refractivity contribution < 1.29 is 39.0 Å². The lowest BCUT2D eigenvalue weighted by Crippen LogP contribution is -2.47. The molecule has 12 nitrogen and oxygen atoms in total. The second-order valence-corrected chi connectivity index (χ2v) is 12.5. The van der Waals surface area contributed by atoms with Gasteiger partial charge in [0.15, 0.2) is 0 Å². The van der Waals surface area contributed by atoms with Gasteiger partial charge in [0.2, 0.25) is 0 Å². The molecule has 2 fully saturated rings. The predicted molar refractivity (Wildman–Crippen MR) is 159 cm³/mol. The third-order valence-electron chi connectivity index (χ3n) is 9.78. The summed E-state index contributed by atoms with van der Waals surface area (Å²) in [5, 5.41) is 31.2. The zero-order valence-electron chi connectivity index (χ0n) is 24.7. The van der Waals surface area contributed by atoms with Gasteiger partial charge in [0.1, 0.15) is 11.9 Å². The number of carbonyl (C=O) groups is 3. The molecular weight excluding hydrogens is 570 g/mol. The fourth-order valence-electron chi connectivity index (χ4n) is 7.42. The minimum absolute atomic E-state index is 0.00937. The number of ether oxygens (including phenoxy) is 2. The molecule has 0 saturated heterocycles. The van der Waals surface area contributed by atoms with Gasteiger partial charge in [-0.15, -0.1) is 0 Å². The van der Waals surface area contributed by atoms with Crippen LogP contribution in [-0.4, -0.2) is 75.6 Å². The van der Waals surface area contributed by atoms with E-state index in [2.05, 4.69) is 24.3 Å². The van der Waals surface area contributed by atoms with Crippen molar-refractivity contribution in [1.29, 1.82) is 0 Å². The van der Waals surface area contributed by atoms with Crippen LogP contribution in [0, 0.1) is 45.6 Å². The molecule has 4 unspecified atom stereocenters. The second kappa shape index (κ2) is 14.1. The number of carbonyl (C=O) groups excluding carboxylic acids is 1. The minimum Gasteiger partial charge on any atom is -0.465 e. The molecule has 4 aliphatic rings. The van der Waals surface area contributed by atoms with Crippen LogP contribution in [0.4, 0.5) is 20.1 Å². The summed E-state index contributed by atoms with van der Waals surface area (Å²) in [5.74, 6) is 2.23. The molecule has 44 heavy (non-hydrogen) atoms. The van der Waals surface area contributed by atoms with Crippen molar-refractivity contribution in [2.24, 2.45) is 35.5 Å². The van der Waals surface area contributed by atoms with E-state index >= 15 is 0 Å². The Balaban J connectivity index is 1.27. The van der Waals surface area contributed by atoms with Gasteiger partial charge in [-0.2, -0.15) is 0 Å². The van der Waals surface area contributed by atoms with E-state index in [0.29, 0.717) is 23.7 Å². The largest absolute Gasteiger partial charge is 0.514 e. The first-order chi connectivity index (χ1) is 21.2. The number of fused-ring (bicyclic) bond motifs is 2. The Morgan fingerprint density at radius 2 is 1.18 bits per heavy atom. The number of allylic oxidation sites excluding steroid dienone is 4. The lowest BCUT2D eigenvalue weighted by atomic mass is 10.1. The fourth-order valence-corrected chi connectivity index (χ4v) is 7.42. The van der Waals surface area contributed by atoms with Crippen LogP contribution in [0.1, 0.15) is 51.4 Å². The van der Waals surface area contributed by atoms with Crippen LogP contribution >= 0.6 is 0 Å². The van der Waals surface area contributed by atoms with Crippen LogP contribution in [0.3, 0.4) is 0 Å². The van der Waals surface area contributed by atoms with Crippen molar-refractivity contribution >= 4 is 24.0 Å². The molecule has 1 aromatic rings. The highest BCUT2D eigenvalue weighted by Crippen LogP contribution is 2.54. The average Bonchev–Trinajstić information content (AvgIpc) is 3.80. The zero-order valence-corrected chi connectivity index (χ0v) is 24.7. The number of amides is 2. The molecule has 0 radical (unpaired) electrons. The quantitative estimate of drug-likeness (QED) is 0.0945. The third kappa shape index (κ3) is 8.09. The first kappa shape index (κ1) is 31.3. The highest BCUT2D eigenvalue weighted by atomic mass is 16.7. The first-order valence-electron chi connectivity index (χ1n) is 15.6. The molecule has 0 aliphatic heterocycles. The van der Waals surface area contributed by atoms with E-state index in [-0.39, 0.29) is 49.5 Å². The molecule has 0 spiro atoms. The van der Waals surface area contributed by atoms with E-state index in [1.807, 2.05) is 0 Å². The van der Waals surface area contributed by atoms with E-state index in [4.69, 9.17) is 9.47 Å². The monoisotopic (exact) mass is 611 g/mol. The average molecular weight is 612 g/mol. The van der Waals surface area contributed by atoms with Gasteiger partial charge in [-0.3, -0.25) is 10.1 Å². The zero-order chi connectivity index (χ0) is 31.2. The topological polar surface area (TPSA) is 160 Å². The standard InChI is InChI=1S/C32H41N3O9/c36-30(37)33(19-28-24-9-5-1-2-6-10-25(24)28)17-23(44-32(40)43-22-15-13-21(14-16-22)35(41)42)18-34(31(38)39)20-29-26-11-7-3-4-8-12-27(26)29/h1-4,13-16,23-29H,5-12,17-20H2,(H,36,37)(H,38,39)/b2-1+,4-3+. The van der Waals surface area contributed by atoms with Crippen LogP contribution in [0.5, 0.6) is 5.75 Å². The van der Waals surface area contributed by atoms with Crippen molar-refractivity contribution in [2.75, 3.05) is 26.2 Å². The summed E-state index contributed by atoms with van der Waals surface area (Å²) in [4.78, 5) is 50.5. The molecule has 0 aromatic heterocycles. The number of non-ortho nitro benzene ring substituents is 1.